The van der Waals surface area contributed by atoms with E-state index in [-0.39, 0.29) is 11.3 Å². The summed E-state index contributed by atoms with van der Waals surface area (Å²) in [6.45, 7) is 4.47. The molecule has 0 spiro atoms. The maximum absolute atomic E-state index is 14.8. The van der Waals surface area contributed by atoms with Crippen LogP contribution in [0, 0.1) is 24.6 Å². The highest BCUT2D eigenvalue weighted by molar-refractivity contribution is 6.34. The van der Waals surface area contributed by atoms with E-state index in [1.54, 1.807) is 31.2 Å². The Labute approximate surface area is 177 Å². The van der Waals surface area contributed by atoms with Crippen LogP contribution >= 0.6 is 11.6 Å². The van der Waals surface area contributed by atoms with Gasteiger partial charge in [0, 0.05) is 13.1 Å². The fraction of sp³-hybridized carbons (Fsp3) is 0.318. The summed E-state index contributed by atoms with van der Waals surface area (Å²) in [6.07, 6.45) is 0.427. The molecule has 6 nitrogen and oxygen atoms in total. The fourth-order valence-corrected chi connectivity index (χ4v) is 4.50. The van der Waals surface area contributed by atoms with Crippen molar-refractivity contribution >= 4 is 40.2 Å². The molecule has 2 aromatic carbocycles. The quantitative estimate of drug-likeness (QED) is 0.669. The SMILES string of the molecule is Cc1cccc(Cl)c1C(=O)n1nc(N2CC[C@@H](C(=O)O)[C@@H](C)C2)c2c(F)cccc21. The first kappa shape index (κ1) is 20.3. The van der Waals surface area contributed by atoms with Crippen molar-refractivity contribution in [1.82, 2.24) is 9.78 Å². The van der Waals surface area contributed by atoms with E-state index >= 15 is 0 Å². The normalized spacial score (nSPS) is 19.3. The summed E-state index contributed by atoms with van der Waals surface area (Å²) in [7, 11) is 0. The number of carboxylic acid groups (broad SMARTS) is 1. The summed E-state index contributed by atoms with van der Waals surface area (Å²) in [5.41, 5.74) is 1.37. The molecule has 1 aliphatic rings. The van der Waals surface area contributed by atoms with Crippen molar-refractivity contribution in [3.63, 3.8) is 0 Å². The molecule has 1 N–H and O–H groups in total. The van der Waals surface area contributed by atoms with Gasteiger partial charge in [-0.15, -0.1) is 5.10 Å². The number of hydrogen-bond donors (Lipinski definition) is 1. The van der Waals surface area contributed by atoms with Crippen molar-refractivity contribution < 1.29 is 19.1 Å². The predicted molar refractivity (Wildman–Crippen MR) is 113 cm³/mol. The predicted octanol–water partition coefficient (Wildman–Crippen LogP) is 4.37. The average molecular weight is 430 g/mol. The van der Waals surface area contributed by atoms with Crippen LogP contribution in [0.5, 0.6) is 0 Å². The van der Waals surface area contributed by atoms with Crippen molar-refractivity contribution in [3.8, 4) is 0 Å². The van der Waals surface area contributed by atoms with Crippen LogP contribution < -0.4 is 4.90 Å². The van der Waals surface area contributed by atoms with Crippen LogP contribution in [-0.4, -0.2) is 39.9 Å². The number of carbonyl (C=O) groups is 2. The van der Waals surface area contributed by atoms with Gasteiger partial charge in [0.1, 0.15) is 5.82 Å². The molecule has 8 heteroatoms. The highest BCUT2D eigenvalue weighted by atomic mass is 35.5. The Kier molecular flexibility index (Phi) is 5.24. The molecule has 0 unspecified atom stereocenters. The molecule has 0 aliphatic carbocycles. The van der Waals surface area contributed by atoms with Crippen LogP contribution in [0.4, 0.5) is 10.2 Å². The topological polar surface area (TPSA) is 75.4 Å². The zero-order valence-electron chi connectivity index (χ0n) is 16.6. The van der Waals surface area contributed by atoms with Gasteiger partial charge in [0.05, 0.1) is 27.4 Å². The number of halogens is 2. The number of carboxylic acids is 1. The second-order valence-corrected chi connectivity index (χ2v) is 8.17. The minimum atomic E-state index is -0.826. The lowest BCUT2D eigenvalue weighted by Crippen LogP contribution is -2.42. The van der Waals surface area contributed by atoms with Gasteiger partial charge in [0.25, 0.3) is 5.91 Å². The van der Waals surface area contributed by atoms with E-state index in [2.05, 4.69) is 5.10 Å². The lowest BCUT2D eigenvalue weighted by molar-refractivity contribution is -0.144. The van der Waals surface area contributed by atoms with Crippen LogP contribution in [0.25, 0.3) is 10.9 Å². The summed E-state index contributed by atoms with van der Waals surface area (Å²) in [5, 5.41) is 14.4. The Bertz CT molecular complexity index is 1140. The van der Waals surface area contributed by atoms with E-state index in [1.165, 1.54) is 16.8 Å². The maximum atomic E-state index is 14.8. The van der Waals surface area contributed by atoms with Gasteiger partial charge in [-0.3, -0.25) is 9.59 Å². The number of anilines is 1. The van der Waals surface area contributed by atoms with Gasteiger partial charge in [-0.1, -0.05) is 36.7 Å². The minimum absolute atomic E-state index is 0.135. The molecule has 1 aromatic heterocycles. The fourth-order valence-electron chi connectivity index (χ4n) is 4.20. The average Bonchev–Trinajstić information content (AvgIpc) is 3.08. The number of aromatic nitrogens is 2. The van der Waals surface area contributed by atoms with E-state index in [0.29, 0.717) is 47.0 Å². The molecule has 1 fully saturated rings. The monoisotopic (exact) mass is 429 g/mol. The second kappa shape index (κ2) is 7.72. The number of carbonyl (C=O) groups excluding carboxylic acids is 1. The zero-order valence-corrected chi connectivity index (χ0v) is 17.4. The molecule has 0 radical (unpaired) electrons. The Morgan fingerprint density at radius 2 is 1.97 bits per heavy atom. The van der Waals surface area contributed by atoms with E-state index in [4.69, 9.17) is 11.6 Å². The van der Waals surface area contributed by atoms with Crippen LogP contribution in [-0.2, 0) is 4.79 Å². The molecule has 4 rings (SSSR count). The number of aryl methyl sites for hydroxylation is 1. The van der Waals surface area contributed by atoms with E-state index in [0.717, 1.165) is 0 Å². The highest BCUT2D eigenvalue weighted by Gasteiger charge is 2.34. The molecule has 0 bridgehead atoms. The summed E-state index contributed by atoms with van der Waals surface area (Å²) in [5.74, 6) is -1.99. The number of aliphatic carboxylic acids is 1. The van der Waals surface area contributed by atoms with Crippen LogP contribution in [0.15, 0.2) is 36.4 Å². The van der Waals surface area contributed by atoms with Gasteiger partial charge in [0.15, 0.2) is 5.82 Å². The van der Waals surface area contributed by atoms with Gasteiger partial charge in [-0.05, 0) is 43.0 Å². The number of fused-ring (bicyclic) bond motifs is 1. The van der Waals surface area contributed by atoms with Crippen molar-refractivity contribution in [3.05, 3.63) is 58.4 Å². The third-order valence-electron chi connectivity index (χ3n) is 5.79. The molecule has 156 valence electrons. The molecule has 1 aliphatic heterocycles. The lowest BCUT2D eigenvalue weighted by atomic mass is 9.87. The van der Waals surface area contributed by atoms with E-state index < -0.39 is 23.6 Å². The molecular formula is C22H21ClFN3O3. The molecule has 2 atom stereocenters. The van der Waals surface area contributed by atoms with Crippen LogP contribution in [0.3, 0.4) is 0 Å². The smallest absolute Gasteiger partial charge is 0.306 e. The number of benzene rings is 2. The van der Waals surface area contributed by atoms with E-state index in [1.807, 2.05) is 11.8 Å². The first-order chi connectivity index (χ1) is 14.3. The Hall–Kier alpha value is -2.93. The number of hydrogen-bond acceptors (Lipinski definition) is 4. The second-order valence-electron chi connectivity index (χ2n) is 7.76. The zero-order chi connectivity index (χ0) is 21.6. The summed E-state index contributed by atoms with van der Waals surface area (Å²) < 4.78 is 16.0. The van der Waals surface area contributed by atoms with Crippen molar-refractivity contribution in [2.24, 2.45) is 11.8 Å². The maximum Gasteiger partial charge on any atom is 0.306 e. The first-order valence-electron chi connectivity index (χ1n) is 9.74. The number of nitrogens with zero attached hydrogens (tertiary/aromatic N) is 3. The molecule has 0 amide bonds. The Morgan fingerprint density at radius 3 is 2.63 bits per heavy atom. The van der Waals surface area contributed by atoms with Gasteiger partial charge < -0.3 is 10.0 Å². The highest BCUT2D eigenvalue weighted by Crippen LogP contribution is 2.34. The standard InChI is InChI=1S/C22H21ClFN3O3/c1-12-5-3-6-15(23)18(12)21(28)27-17-8-4-7-16(24)19(17)20(25-27)26-10-9-14(22(29)30)13(2)11-26/h3-8,13-14H,9-11H2,1-2H3,(H,29,30)/t13-,14+/m0/s1. The molecular weight excluding hydrogens is 409 g/mol. The molecule has 0 saturated carbocycles. The Morgan fingerprint density at radius 1 is 1.23 bits per heavy atom. The molecule has 3 aromatic rings. The number of rotatable bonds is 3. The van der Waals surface area contributed by atoms with Gasteiger partial charge in [-0.25, -0.2) is 4.39 Å². The van der Waals surface area contributed by atoms with Gasteiger partial charge in [0.2, 0.25) is 0 Å². The van der Waals surface area contributed by atoms with Gasteiger partial charge in [-0.2, -0.15) is 4.68 Å². The minimum Gasteiger partial charge on any atom is -0.481 e. The van der Waals surface area contributed by atoms with Crippen molar-refractivity contribution in [1.29, 1.82) is 0 Å². The number of piperidine rings is 1. The third-order valence-corrected chi connectivity index (χ3v) is 6.10. The first-order valence-corrected chi connectivity index (χ1v) is 10.1. The molecule has 2 heterocycles. The largest absolute Gasteiger partial charge is 0.481 e. The lowest BCUT2D eigenvalue weighted by Gasteiger charge is -2.35. The van der Waals surface area contributed by atoms with Gasteiger partial charge >= 0.3 is 5.97 Å². The summed E-state index contributed by atoms with van der Waals surface area (Å²) >= 11 is 6.27. The summed E-state index contributed by atoms with van der Waals surface area (Å²) in [6, 6.07) is 9.68. The summed E-state index contributed by atoms with van der Waals surface area (Å²) in [4.78, 5) is 26.6. The van der Waals surface area contributed by atoms with E-state index in [9.17, 15) is 19.1 Å². The van der Waals surface area contributed by atoms with Crippen molar-refractivity contribution in [2.45, 2.75) is 20.3 Å². The Balaban J connectivity index is 1.82. The van der Waals surface area contributed by atoms with Crippen LogP contribution in [0.1, 0.15) is 29.3 Å². The van der Waals surface area contributed by atoms with Crippen molar-refractivity contribution in [2.75, 3.05) is 18.0 Å². The third kappa shape index (κ3) is 3.33. The van der Waals surface area contributed by atoms with Crippen LogP contribution in [0.2, 0.25) is 5.02 Å². The molecule has 1 saturated heterocycles. The molecule has 30 heavy (non-hydrogen) atoms.